The number of rotatable bonds is 3. The minimum atomic E-state index is -0.106. The van der Waals surface area contributed by atoms with Crippen LogP contribution in [0.5, 0.6) is 0 Å². The molecule has 6 heteroatoms. The molecule has 2 aromatic heterocycles. The van der Waals surface area contributed by atoms with Crippen LogP contribution in [-0.2, 0) is 0 Å². The Morgan fingerprint density at radius 1 is 0.900 bits per heavy atom. The van der Waals surface area contributed by atoms with E-state index < -0.39 is 0 Å². The highest BCUT2D eigenvalue weighted by atomic mass is 35.5. The molecular formula is C24H16ClN3O2. The maximum atomic E-state index is 13.2. The number of fused-ring (bicyclic) bond motifs is 1. The van der Waals surface area contributed by atoms with E-state index in [-0.39, 0.29) is 5.56 Å². The van der Waals surface area contributed by atoms with Gasteiger partial charge in [-0.05, 0) is 42.8 Å². The Bertz CT molecular complexity index is 1450. The summed E-state index contributed by atoms with van der Waals surface area (Å²) >= 11 is 6.28. The fourth-order valence-electron chi connectivity index (χ4n) is 3.52. The summed E-state index contributed by atoms with van der Waals surface area (Å²) in [5.41, 5.74) is 3.10. The van der Waals surface area contributed by atoms with Gasteiger partial charge < -0.3 is 4.52 Å². The first-order valence-corrected chi connectivity index (χ1v) is 9.80. The Morgan fingerprint density at radius 3 is 2.47 bits per heavy atom. The number of hydrogen-bond donors (Lipinski definition) is 0. The number of hydrogen-bond acceptors (Lipinski definition) is 4. The van der Waals surface area contributed by atoms with Crippen molar-refractivity contribution in [3.63, 3.8) is 0 Å². The molecule has 0 aliphatic heterocycles. The summed E-state index contributed by atoms with van der Waals surface area (Å²) in [5.74, 6) is 0.718. The van der Waals surface area contributed by atoms with E-state index in [1.165, 1.54) is 0 Å². The molecule has 0 N–H and O–H groups in total. The lowest BCUT2D eigenvalue weighted by Gasteiger charge is -2.11. The zero-order valence-electron chi connectivity index (χ0n) is 16.0. The summed E-state index contributed by atoms with van der Waals surface area (Å²) in [6.07, 6.45) is 1.75. The molecule has 0 atom stereocenters. The van der Waals surface area contributed by atoms with E-state index in [1.54, 1.807) is 22.9 Å². The summed E-state index contributed by atoms with van der Waals surface area (Å²) in [6.45, 7) is 1.99. The van der Waals surface area contributed by atoms with Gasteiger partial charge in [-0.25, -0.2) is 0 Å². The van der Waals surface area contributed by atoms with E-state index in [0.717, 1.165) is 16.6 Å². The summed E-state index contributed by atoms with van der Waals surface area (Å²) in [7, 11) is 0. The molecule has 0 amide bonds. The van der Waals surface area contributed by atoms with Crippen LogP contribution in [0.15, 0.2) is 88.3 Å². The van der Waals surface area contributed by atoms with Gasteiger partial charge in [0.2, 0.25) is 5.82 Å². The van der Waals surface area contributed by atoms with E-state index in [0.29, 0.717) is 33.3 Å². The number of aryl methyl sites for hydroxylation is 1. The minimum Gasteiger partial charge on any atom is -0.334 e. The van der Waals surface area contributed by atoms with Gasteiger partial charge >= 0.3 is 0 Å². The molecule has 0 radical (unpaired) electrons. The molecule has 0 saturated heterocycles. The summed E-state index contributed by atoms with van der Waals surface area (Å²) in [5, 5.41) is 5.98. The van der Waals surface area contributed by atoms with Crippen LogP contribution in [0.3, 0.4) is 0 Å². The van der Waals surface area contributed by atoms with Crippen LogP contribution < -0.4 is 5.56 Å². The Balaban J connectivity index is 1.75. The third-order valence-corrected chi connectivity index (χ3v) is 5.31. The molecule has 2 heterocycles. The van der Waals surface area contributed by atoms with E-state index in [2.05, 4.69) is 10.1 Å². The number of nitrogens with zero attached hydrogens (tertiary/aromatic N) is 3. The van der Waals surface area contributed by atoms with Crippen molar-refractivity contribution in [1.82, 2.24) is 14.7 Å². The Morgan fingerprint density at radius 2 is 1.67 bits per heavy atom. The molecule has 0 bridgehead atoms. The average molecular weight is 414 g/mol. The molecule has 0 aliphatic carbocycles. The zero-order valence-corrected chi connectivity index (χ0v) is 16.8. The van der Waals surface area contributed by atoms with Gasteiger partial charge in [0, 0.05) is 28.2 Å². The standard InChI is InChI=1S/C24H16ClN3O2/c1-15-7-6-8-16(13-15)28-14-20(17-9-2-3-10-18(17)24(28)29)23-26-22(27-30-23)19-11-4-5-12-21(19)25/h2-14H,1H3. The lowest BCUT2D eigenvalue weighted by molar-refractivity contribution is 0.432. The smallest absolute Gasteiger partial charge is 0.262 e. The molecule has 5 nitrogen and oxygen atoms in total. The van der Waals surface area contributed by atoms with Crippen molar-refractivity contribution in [1.29, 1.82) is 0 Å². The Kier molecular flexibility index (Phi) is 4.45. The lowest BCUT2D eigenvalue weighted by atomic mass is 10.1. The van der Waals surface area contributed by atoms with Crippen molar-refractivity contribution >= 4 is 22.4 Å². The largest absolute Gasteiger partial charge is 0.334 e. The molecule has 5 rings (SSSR count). The molecule has 5 aromatic rings. The highest BCUT2D eigenvalue weighted by Crippen LogP contribution is 2.30. The highest BCUT2D eigenvalue weighted by molar-refractivity contribution is 6.33. The van der Waals surface area contributed by atoms with Gasteiger partial charge in [-0.2, -0.15) is 4.98 Å². The maximum absolute atomic E-state index is 13.2. The van der Waals surface area contributed by atoms with Crippen LogP contribution in [0.4, 0.5) is 0 Å². The van der Waals surface area contributed by atoms with Gasteiger partial charge in [0.25, 0.3) is 11.4 Å². The van der Waals surface area contributed by atoms with Crippen molar-refractivity contribution in [2.45, 2.75) is 6.92 Å². The van der Waals surface area contributed by atoms with Gasteiger partial charge in [0.05, 0.1) is 10.6 Å². The average Bonchev–Trinajstić information content (AvgIpc) is 3.24. The molecule has 0 spiro atoms. The maximum Gasteiger partial charge on any atom is 0.262 e. The summed E-state index contributed by atoms with van der Waals surface area (Å²) < 4.78 is 7.20. The van der Waals surface area contributed by atoms with Gasteiger partial charge in [0.15, 0.2) is 0 Å². The molecule has 146 valence electrons. The van der Waals surface area contributed by atoms with Crippen LogP contribution >= 0.6 is 11.6 Å². The number of aromatic nitrogens is 3. The molecule has 3 aromatic carbocycles. The Hall–Kier alpha value is -3.70. The molecular weight excluding hydrogens is 398 g/mol. The molecule has 0 unspecified atom stereocenters. The lowest BCUT2D eigenvalue weighted by Crippen LogP contribution is -2.18. The number of pyridine rings is 1. The van der Waals surface area contributed by atoms with Gasteiger partial charge in [-0.1, -0.05) is 59.2 Å². The minimum absolute atomic E-state index is 0.106. The fraction of sp³-hybridized carbons (Fsp3) is 0.0417. The number of halogens is 1. The van der Waals surface area contributed by atoms with Crippen molar-refractivity contribution in [3.8, 4) is 28.5 Å². The topological polar surface area (TPSA) is 60.9 Å². The SMILES string of the molecule is Cc1cccc(-n2cc(-c3nc(-c4ccccc4Cl)no3)c3ccccc3c2=O)c1. The fourth-order valence-corrected chi connectivity index (χ4v) is 3.74. The predicted octanol–water partition coefficient (Wildman–Crippen LogP) is 5.67. The van der Waals surface area contributed by atoms with E-state index in [4.69, 9.17) is 16.1 Å². The number of benzene rings is 3. The van der Waals surface area contributed by atoms with Crippen molar-refractivity contribution in [2.24, 2.45) is 0 Å². The second kappa shape index (κ2) is 7.28. The quantitative estimate of drug-likeness (QED) is 0.382. The summed E-state index contributed by atoms with van der Waals surface area (Å²) in [4.78, 5) is 17.7. The van der Waals surface area contributed by atoms with Crippen molar-refractivity contribution in [3.05, 3.63) is 99.9 Å². The molecule has 0 fully saturated rings. The van der Waals surface area contributed by atoms with Gasteiger partial charge in [-0.15, -0.1) is 0 Å². The van der Waals surface area contributed by atoms with Gasteiger partial charge in [-0.3, -0.25) is 9.36 Å². The zero-order chi connectivity index (χ0) is 20.7. The third-order valence-electron chi connectivity index (χ3n) is 4.98. The van der Waals surface area contributed by atoms with Crippen LogP contribution in [0.25, 0.3) is 39.3 Å². The normalized spacial score (nSPS) is 11.1. The van der Waals surface area contributed by atoms with Crippen LogP contribution in [-0.4, -0.2) is 14.7 Å². The molecule has 0 aliphatic rings. The first kappa shape index (κ1) is 18.3. The third kappa shape index (κ3) is 3.09. The Labute approximate surface area is 177 Å². The second-order valence-electron chi connectivity index (χ2n) is 7.01. The van der Waals surface area contributed by atoms with Crippen molar-refractivity contribution < 1.29 is 4.52 Å². The van der Waals surface area contributed by atoms with Crippen molar-refractivity contribution in [2.75, 3.05) is 0 Å². The van der Waals surface area contributed by atoms with E-state index in [1.807, 2.05) is 67.6 Å². The van der Waals surface area contributed by atoms with E-state index >= 15 is 0 Å². The monoisotopic (exact) mass is 413 g/mol. The second-order valence-corrected chi connectivity index (χ2v) is 7.41. The van der Waals surface area contributed by atoms with Crippen LogP contribution in [0.1, 0.15) is 5.56 Å². The first-order chi connectivity index (χ1) is 14.6. The molecule has 0 saturated carbocycles. The van der Waals surface area contributed by atoms with E-state index in [9.17, 15) is 4.79 Å². The highest BCUT2D eigenvalue weighted by Gasteiger charge is 2.18. The van der Waals surface area contributed by atoms with Crippen LogP contribution in [0, 0.1) is 6.92 Å². The van der Waals surface area contributed by atoms with Gasteiger partial charge in [0.1, 0.15) is 0 Å². The van der Waals surface area contributed by atoms with Crippen LogP contribution in [0.2, 0.25) is 5.02 Å². The molecule has 30 heavy (non-hydrogen) atoms. The first-order valence-electron chi connectivity index (χ1n) is 9.42. The predicted molar refractivity (Wildman–Crippen MR) is 118 cm³/mol. The summed E-state index contributed by atoms with van der Waals surface area (Å²) in [6, 6.07) is 22.5.